The fraction of sp³-hybridized carbons (Fsp3) is 0. The zero-order valence-electron chi connectivity index (χ0n) is 8.77. The molecule has 0 saturated carbocycles. The van der Waals surface area contributed by atoms with Crippen LogP contribution in [-0.4, -0.2) is 17.0 Å². The van der Waals surface area contributed by atoms with E-state index in [1.807, 2.05) is 0 Å². The second-order valence-electron chi connectivity index (χ2n) is 2.68. The molecule has 1 aromatic carbocycles. The molecule has 1 aromatic rings. The molecule has 0 heterocycles. The highest BCUT2D eigenvalue weighted by Gasteiger charge is 2.26. The van der Waals surface area contributed by atoms with Crippen molar-refractivity contribution in [3.05, 3.63) is 42.2 Å². The Morgan fingerprint density at radius 2 is 1.22 bits per heavy atom. The summed E-state index contributed by atoms with van der Waals surface area (Å²) in [5, 5.41) is 9.04. The molecule has 0 radical (unpaired) electrons. The third-order valence-electron chi connectivity index (χ3n) is 1.73. The number of carboxylic acids is 1. The Morgan fingerprint density at radius 3 is 1.50 bits per heavy atom. The van der Waals surface area contributed by atoms with E-state index in [4.69, 9.17) is 10.8 Å². The van der Waals surface area contributed by atoms with Crippen molar-refractivity contribution in [3.63, 3.8) is 0 Å². The van der Waals surface area contributed by atoms with E-state index < -0.39 is 11.9 Å². The number of aromatic carboxylic acids is 1. The molecule has 3 N–H and O–H groups in total. The van der Waals surface area contributed by atoms with E-state index in [0.717, 1.165) is 0 Å². The monoisotopic (exact) mass is 505 g/mol. The zero-order valence-corrected chi connectivity index (χ0v) is 15.1. The Bertz CT molecular complexity index is 472. The highest BCUT2D eigenvalue weighted by Crippen LogP contribution is 2.41. The first kappa shape index (κ1) is 17.8. The van der Waals surface area contributed by atoms with Gasteiger partial charge in [0.25, 0.3) is 5.91 Å². The van der Waals surface area contributed by atoms with Gasteiger partial charge in [-0.25, -0.2) is 4.79 Å². The summed E-state index contributed by atoms with van der Waals surface area (Å²) in [6.45, 7) is 6.00. The van der Waals surface area contributed by atoms with E-state index in [2.05, 4.69) is 76.9 Å². The molecule has 0 aliphatic rings. The van der Waals surface area contributed by atoms with Crippen LogP contribution in [0.25, 0.3) is 0 Å². The van der Waals surface area contributed by atoms with Gasteiger partial charge in [0.1, 0.15) is 0 Å². The van der Waals surface area contributed by atoms with Gasteiger partial charge in [0, 0.05) is 17.9 Å². The Labute approximate surface area is 137 Å². The predicted octanol–water partition coefficient (Wildman–Crippen LogP) is 4.34. The molecule has 0 unspecified atom stereocenters. The SMILES string of the molecule is C=C.NC(=O)c1c(Br)c(Br)c(Br)c(Br)c1C(=O)O. The summed E-state index contributed by atoms with van der Waals surface area (Å²) < 4.78 is 1.55. The first-order valence-corrected chi connectivity index (χ1v) is 7.35. The van der Waals surface area contributed by atoms with Crippen molar-refractivity contribution in [3.8, 4) is 0 Å². The number of halogens is 4. The van der Waals surface area contributed by atoms with Gasteiger partial charge in [-0.1, -0.05) is 0 Å². The Morgan fingerprint density at radius 1 is 0.889 bits per heavy atom. The topological polar surface area (TPSA) is 80.4 Å². The van der Waals surface area contributed by atoms with Crippen LogP contribution >= 0.6 is 63.7 Å². The van der Waals surface area contributed by atoms with Gasteiger partial charge in [-0.2, -0.15) is 0 Å². The average Bonchev–Trinajstić information content (AvgIpc) is 2.32. The summed E-state index contributed by atoms with van der Waals surface area (Å²) in [5.74, 6) is -2.06. The predicted molar refractivity (Wildman–Crippen MR) is 84.0 cm³/mol. The number of hydrogen-bond acceptors (Lipinski definition) is 2. The Kier molecular flexibility index (Phi) is 7.34. The van der Waals surface area contributed by atoms with Crippen LogP contribution in [0.5, 0.6) is 0 Å². The van der Waals surface area contributed by atoms with Gasteiger partial charge in [0.15, 0.2) is 0 Å². The molecule has 0 fully saturated rings. The largest absolute Gasteiger partial charge is 0.478 e. The molecule has 0 spiro atoms. The summed E-state index contributed by atoms with van der Waals surface area (Å²) in [6, 6.07) is 0. The van der Waals surface area contributed by atoms with Gasteiger partial charge >= 0.3 is 5.97 Å². The van der Waals surface area contributed by atoms with Crippen LogP contribution in [0.15, 0.2) is 31.0 Å². The number of primary amides is 1. The Balaban J connectivity index is 0.00000137. The van der Waals surface area contributed by atoms with Crippen LogP contribution < -0.4 is 5.73 Å². The van der Waals surface area contributed by atoms with Crippen LogP contribution in [0.4, 0.5) is 0 Å². The van der Waals surface area contributed by atoms with E-state index in [-0.39, 0.29) is 15.6 Å². The average molecular weight is 509 g/mol. The summed E-state index contributed by atoms with van der Waals surface area (Å²) in [5.41, 5.74) is 4.88. The van der Waals surface area contributed by atoms with Gasteiger partial charge in [0.2, 0.25) is 0 Å². The van der Waals surface area contributed by atoms with Crippen molar-refractivity contribution in [2.75, 3.05) is 0 Å². The van der Waals surface area contributed by atoms with Gasteiger partial charge in [-0.05, 0) is 63.7 Å². The van der Waals surface area contributed by atoms with E-state index in [1.54, 1.807) is 0 Å². The molecular weight excluding hydrogens is 502 g/mol. The van der Waals surface area contributed by atoms with Crippen molar-refractivity contribution in [1.29, 1.82) is 0 Å². The first-order valence-electron chi connectivity index (χ1n) is 4.18. The second-order valence-corrected chi connectivity index (χ2v) is 5.85. The number of nitrogens with two attached hydrogens (primary N) is 1. The molecule has 8 heteroatoms. The normalized spacial score (nSPS) is 9.33. The molecule has 0 aliphatic heterocycles. The van der Waals surface area contributed by atoms with E-state index >= 15 is 0 Å². The molecule has 0 aromatic heterocycles. The summed E-state index contributed by atoms with van der Waals surface area (Å²) in [4.78, 5) is 22.3. The minimum Gasteiger partial charge on any atom is -0.478 e. The zero-order chi connectivity index (χ0) is 14.6. The molecular formula is C10H7Br4NO3. The van der Waals surface area contributed by atoms with E-state index in [0.29, 0.717) is 13.4 Å². The lowest BCUT2D eigenvalue weighted by molar-refractivity contribution is 0.0690. The molecule has 0 bridgehead atoms. The maximum atomic E-state index is 11.2. The number of hydrogen-bond donors (Lipinski definition) is 2. The standard InChI is InChI=1S/C8H3Br4NO3.C2H4/c9-3-1(7(13)14)2(8(15)16)4(10)6(12)5(3)11;1-2/h(H2,13,14)(H,15,16);1-2H2. The number of benzene rings is 1. The second kappa shape index (κ2) is 7.42. The summed E-state index contributed by atoms with van der Waals surface area (Å²) in [7, 11) is 0. The van der Waals surface area contributed by atoms with Crippen molar-refractivity contribution < 1.29 is 14.7 Å². The molecule has 18 heavy (non-hydrogen) atoms. The lowest BCUT2D eigenvalue weighted by Crippen LogP contribution is -2.18. The lowest BCUT2D eigenvalue weighted by Gasteiger charge is -2.11. The minimum atomic E-state index is -1.24. The minimum absolute atomic E-state index is 0.0885. The number of carbonyl (C=O) groups is 2. The van der Waals surface area contributed by atoms with E-state index in [9.17, 15) is 9.59 Å². The number of carbonyl (C=O) groups excluding carboxylic acids is 1. The van der Waals surface area contributed by atoms with Crippen molar-refractivity contribution >= 4 is 75.6 Å². The third kappa shape index (κ3) is 3.43. The van der Waals surface area contributed by atoms with Gasteiger partial charge in [0.05, 0.1) is 11.1 Å². The van der Waals surface area contributed by atoms with Crippen LogP contribution in [0.1, 0.15) is 20.7 Å². The molecule has 98 valence electrons. The van der Waals surface area contributed by atoms with Crippen LogP contribution in [0.2, 0.25) is 0 Å². The highest BCUT2D eigenvalue weighted by molar-refractivity contribution is 9.15. The lowest BCUT2D eigenvalue weighted by atomic mass is 10.1. The van der Waals surface area contributed by atoms with Gasteiger partial charge in [-0.15, -0.1) is 13.2 Å². The highest BCUT2D eigenvalue weighted by atomic mass is 79.9. The van der Waals surface area contributed by atoms with E-state index in [1.165, 1.54) is 0 Å². The van der Waals surface area contributed by atoms with Gasteiger partial charge in [-0.3, -0.25) is 4.79 Å². The number of rotatable bonds is 2. The molecule has 1 amide bonds. The number of carboxylic acid groups (broad SMARTS) is 1. The van der Waals surface area contributed by atoms with Gasteiger partial charge < -0.3 is 10.8 Å². The quantitative estimate of drug-likeness (QED) is 0.354. The van der Waals surface area contributed by atoms with Crippen molar-refractivity contribution in [2.24, 2.45) is 5.73 Å². The maximum Gasteiger partial charge on any atom is 0.337 e. The molecule has 0 aliphatic carbocycles. The van der Waals surface area contributed by atoms with Crippen LogP contribution in [0, 0.1) is 0 Å². The third-order valence-corrected chi connectivity index (χ3v) is 6.50. The number of amides is 1. The fourth-order valence-electron chi connectivity index (χ4n) is 1.06. The Hall–Kier alpha value is -0.180. The molecule has 4 nitrogen and oxygen atoms in total. The van der Waals surface area contributed by atoms with Crippen molar-refractivity contribution in [1.82, 2.24) is 0 Å². The van der Waals surface area contributed by atoms with Crippen LogP contribution in [-0.2, 0) is 0 Å². The smallest absolute Gasteiger partial charge is 0.337 e. The fourth-order valence-corrected chi connectivity index (χ4v) is 3.55. The molecule has 0 saturated heterocycles. The summed E-state index contributed by atoms with van der Waals surface area (Å²) in [6.07, 6.45) is 0. The first-order chi connectivity index (χ1) is 8.29. The van der Waals surface area contributed by atoms with Crippen LogP contribution in [0.3, 0.4) is 0 Å². The molecule has 0 atom stereocenters. The van der Waals surface area contributed by atoms with Crippen molar-refractivity contribution in [2.45, 2.75) is 0 Å². The molecule has 1 rings (SSSR count). The summed E-state index contributed by atoms with van der Waals surface area (Å²) >= 11 is 12.6. The maximum absolute atomic E-state index is 11.2.